The minimum atomic E-state index is -0.201. The Morgan fingerprint density at radius 1 is 1.30 bits per heavy atom. The van der Waals surface area contributed by atoms with Crippen LogP contribution < -0.4 is 15.8 Å². The molecule has 1 aliphatic rings. The van der Waals surface area contributed by atoms with E-state index in [1.807, 2.05) is 6.07 Å². The van der Waals surface area contributed by atoms with Crippen LogP contribution in [0.1, 0.15) is 41.7 Å². The molecule has 0 spiro atoms. The molecule has 0 radical (unpaired) electrons. The molecule has 1 saturated heterocycles. The quantitative estimate of drug-likeness (QED) is 0.738. The Hall–Kier alpha value is -2.24. The van der Waals surface area contributed by atoms with Crippen LogP contribution in [0.5, 0.6) is 5.75 Å². The number of likely N-dealkylation sites (N-methyl/N-ethyl adjacent to an activating group) is 1. The summed E-state index contributed by atoms with van der Waals surface area (Å²) in [6, 6.07) is 14.4. The lowest BCUT2D eigenvalue weighted by Gasteiger charge is -2.29. The largest absolute Gasteiger partial charge is 0.496 e. The van der Waals surface area contributed by atoms with Gasteiger partial charge in [0.25, 0.3) is 5.91 Å². The molecule has 2 atom stereocenters. The monoisotopic (exact) mass is 387 g/mol. The van der Waals surface area contributed by atoms with Gasteiger partial charge >= 0.3 is 0 Å². The second kappa shape index (κ2) is 8.63. The van der Waals surface area contributed by atoms with Crippen LogP contribution in [-0.2, 0) is 0 Å². The highest BCUT2D eigenvalue weighted by Gasteiger charge is 2.33. The third-order valence-electron chi connectivity index (χ3n) is 5.25. The van der Waals surface area contributed by atoms with Gasteiger partial charge in [-0.2, -0.15) is 0 Å². The molecular weight excluding hydrogens is 362 g/mol. The lowest BCUT2D eigenvalue weighted by atomic mass is 10.0. The van der Waals surface area contributed by atoms with Crippen LogP contribution in [0, 0.1) is 0 Å². The van der Waals surface area contributed by atoms with Gasteiger partial charge in [-0.3, -0.25) is 9.69 Å². The van der Waals surface area contributed by atoms with Crippen LogP contribution in [0.4, 0.5) is 5.69 Å². The average Bonchev–Trinajstić information content (AvgIpc) is 3.11. The first-order valence-corrected chi connectivity index (χ1v) is 9.64. The SMILES string of the molecule is CCN1C(CNC(=O)c2cc(Cl)c(N)cc2OC)CCC1c1ccccc1. The van der Waals surface area contributed by atoms with Gasteiger partial charge in [-0.25, -0.2) is 0 Å². The highest BCUT2D eigenvalue weighted by molar-refractivity contribution is 6.33. The van der Waals surface area contributed by atoms with Crippen molar-refractivity contribution in [1.29, 1.82) is 0 Å². The number of carbonyl (C=O) groups is 1. The molecule has 0 bridgehead atoms. The molecule has 3 rings (SSSR count). The third-order valence-corrected chi connectivity index (χ3v) is 5.58. The predicted octanol–water partition coefficient (Wildman–Crippen LogP) is 3.89. The van der Waals surface area contributed by atoms with Crippen molar-refractivity contribution in [1.82, 2.24) is 10.2 Å². The van der Waals surface area contributed by atoms with Crippen LogP contribution in [0.3, 0.4) is 0 Å². The van der Waals surface area contributed by atoms with Gasteiger partial charge in [0.15, 0.2) is 0 Å². The summed E-state index contributed by atoms with van der Waals surface area (Å²) in [5.41, 5.74) is 7.92. The Balaban J connectivity index is 1.68. The third kappa shape index (κ3) is 4.20. The van der Waals surface area contributed by atoms with Crippen LogP contribution in [0.15, 0.2) is 42.5 Å². The Labute approximate surface area is 165 Å². The van der Waals surface area contributed by atoms with E-state index in [1.165, 1.54) is 12.7 Å². The average molecular weight is 388 g/mol. The molecule has 1 aliphatic heterocycles. The molecule has 2 aromatic carbocycles. The molecule has 1 fully saturated rings. The summed E-state index contributed by atoms with van der Waals surface area (Å²) in [5.74, 6) is 0.225. The highest BCUT2D eigenvalue weighted by Crippen LogP contribution is 2.35. The maximum Gasteiger partial charge on any atom is 0.255 e. The smallest absolute Gasteiger partial charge is 0.255 e. The molecule has 1 heterocycles. The Kier molecular flexibility index (Phi) is 6.24. The van der Waals surface area contributed by atoms with Gasteiger partial charge in [0.05, 0.1) is 23.4 Å². The molecule has 3 N–H and O–H groups in total. The number of benzene rings is 2. The molecule has 1 amide bonds. The number of carbonyl (C=O) groups excluding carboxylic acids is 1. The van der Waals surface area contributed by atoms with Gasteiger partial charge in [0.2, 0.25) is 0 Å². The van der Waals surface area contributed by atoms with E-state index in [1.54, 1.807) is 12.1 Å². The summed E-state index contributed by atoms with van der Waals surface area (Å²) in [6.07, 6.45) is 2.14. The normalized spacial score (nSPS) is 19.8. The molecular formula is C21H26ClN3O2. The minimum Gasteiger partial charge on any atom is -0.496 e. The molecule has 144 valence electrons. The number of hydrogen-bond acceptors (Lipinski definition) is 4. The molecule has 5 nitrogen and oxygen atoms in total. The number of nitrogens with one attached hydrogen (secondary N) is 1. The fraction of sp³-hybridized carbons (Fsp3) is 0.381. The maximum atomic E-state index is 12.7. The summed E-state index contributed by atoms with van der Waals surface area (Å²) in [6.45, 7) is 3.69. The summed E-state index contributed by atoms with van der Waals surface area (Å²) >= 11 is 6.08. The van der Waals surface area contributed by atoms with Gasteiger partial charge in [0.1, 0.15) is 5.75 Å². The maximum absolute atomic E-state index is 12.7. The topological polar surface area (TPSA) is 67.6 Å². The van der Waals surface area contributed by atoms with Crippen molar-refractivity contribution in [2.45, 2.75) is 31.8 Å². The summed E-state index contributed by atoms with van der Waals surface area (Å²) in [4.78, 5) is 15.1. The summed E-state index contributed by atoms with van der Waals surface area (Å²) in [5, 5.41) is 3.39. The van der Waals surface area contributed by atoms with E-state index in [9.17, 15) is 4.79 Å². The zero-order valence-corrected chi connectivity index (χ0v) is 16.5. The van der Waals surface area contributed by atoms with E-state index < -0.39 is 0 Å². The number of nitrogens with zero attached hydrogens (tertiary/aromatic N) is 1. The van der Waals surface area contributed by atoms with E-state index >= 15 is 0 Å². The van der Waals surface area contributed by atoms with Crippen LogP contribution in [-0.4, -0.2) is 37.0 Å². The molecule has 2 aromatic rings. The van der Waals surface area contributed by atoms with Gasteiger partial charge in [-0.1, -0.05) is 48.9 Å². The second-order valence-corrected chi connectivity index (χ2v) is 7.18. The van der Waals surface area contributed by atoms with Crippen molar-refractivity contribution in [3.05, 3.63) is 58.6 Å². The molecule has 0 aliphatic carbocycles. The van der Waals surface area contributed by atoms with Crippen molar-refractivity contribution >= 4 is 23.2 Å². The van der Waals surface area contributed by atoms with E-state index in [4.69, 9.17) is 22.1 Å². The van der Waals surface area contributed by atoms with Gasteiger partial charge in [-0.15, -0.1) is 0 Å². The molecule has 2 unspecified atom stereocenters. The van der Waals surface area contributed by atoms with Crippen molar-refractivity contribution in [2.75, 3.05) is 25.9 Å². The van der Waals surface area contributed by atoms with Crippen LogP contribution in [0.25, 0.3) is 0 Å². The first-order chi connectivity index (χ1) is 13.0. The number of nitrogen functional groups attached to an aromatic ring is 1. The Bertz CT molecular complexity index is 798. The van der Waals surface area contributed by atoms with Crippen LogP contribution in [0.2, 0.25) is 5.02 Å². The predicted molar refractivity (Wildman–Crippen MR) is 109 cm³/mol. The molecule has 0 saturated carbocycles. The lowest BCUT2D eigenvalue weighted by Crippen LogP contribution is -2.41. The van der Waals surface area contributed by atoms with E-state index in [-0.39, 0.29) is 5.91 Å². The van der Waals surface area contributed by atoms with Gasteiger partial charge in [-0.05, 0) is 31.0 Å². The van der Waals surface area contributed by atoms with Crippen molar-refractivity contribution < 1.29 is 9.53 Å². The Morgan fingerprint density at radius 3 is 2.70 bits per heavy atom. The van der Waals surface area contributed by atoms with E-state index in [0.717, 1.165) is 19.4 Å². The first-order valence-electron chi connectivity index (χ1n) is 9.27. The number of ether oxygens (including phenoxy) is 1. The first kappa shape index (κ1) is 19.5. The number of methoxy groups -OCH3 is 1. The number of amides is 1. The fourth-order valence-electron chi connectivity index (χ4n) is 3.89. The molecule has 6 heteroatoms. The number of hydrogen-bond donors (Lipinski definition) is 2. The van der Waals surface area contributed by atoms with Crippen LogP contribution >= 0.6 is 11.6 Å². The summed E-state index contributed by atoms with van der Waals surface area (Å²) < 4.78 is 5.28. The molecule has 0 aromatic heterocycles. The van der Waals surface area contributed by atoms with Gasteiger partial charge < -0.3 is 15.8 Å². The number of halogens is 1. The van der Waals surface area contributed by atoms with Crippen molar-refractivity contribution in [3.63, 3.8) is 0 Å². The fourth-order valence-corrected chi connectivity index (χ4v) is 4.05. The number of rotatable bonds is 6. The van der Waals surface area contributed by atoms with E-state index in [0.29, 0.717) is 40.7 Å². The number of nitrogens with two attached hydrogens (primary N) is 1. The van der Waals surface area contributed by atoms with E-state index in [2.05, 4.69) is 41.4 Å². The lowest BCUT2D eigenvalue weighted by molar-refractivity contribution is 0.0933. The number of likely N-dealkylation sites (tertiary alicyclic amines) is 1. The number of anilines is 1. The van der Waals surface area contributed by atoms with Crippen molar-refractivity contribution in [2.24, 2.45) is 0 Å². The summed E-state index contributed by atoms with van der Waals surface area (Å²) in [7, 11) is 1.51. The highest BCUT2D eigenvalue weighted by atomic mass is 35.5. The second-order valence-electron chi connectivity index (χ2n) is 6.77. The zero-order valence-electron chi connectivity index (χ0n) is 15.7. The Morgan fingerprint density at radius 2 is 2.04 bits per heavy atom. The zero-order chi connectivity index (χ0) is 19.4. The standard InChI is InChI=1S/C21H26ClN3O2/c1-3-25-15(9-10-19(25)14-7-5-4-6-8-14)13-24-21(26)16-11-17(22)18(23)12-20(16)27-2/h4-8,11-12,15,19H,3,9-10,13,23H2,1-2H3,(H,24,26). The van der Waals surface area contributed by atoms with Crippen molar-refractivity contribution in [3.8, 4) is 5.75 Å². The molecule has 27 heavy (non-hydrogen) atoms. The van der Waals surface area contributed by atoms with Gasteiger partial charge in [0, 0.05) is 24.7 Å². The minimum absolute atomic E-state index is 0.201.